The van der Waals surface area contributed by atoms with Gasteiger partial charge >= 0.3 is 0 Å². The van der Waals surface area contributed by atoms with Crippen LogP contribution >= 0.6 is 0 Å². The molecule has 2 heterocycles. The summed E-state index contributed by atoms with van der Waals surface area (Å²) in [5.74, 6) is -0.796. The molecule has 1 fully saturated rings. The van der Waals surface area contributed by atoms with Gasteiger partial charge in [-0.25, -0.2) is 18.7 Å². The summed E-state index contributed by atoms with van der Waals surface area (Å²) in [6.45, 7) is 1.81. The molecule has 41 heavy (non-hydrogen) atoms. The molecule has 0 spiro atoms. The number of hydrogen-bond acceptors (Lipinski definition) is 6. The Morgan fingerprint density at radius 2 is 1.78 bits per heavy atom. The van der Waals surface area contributed by atoms with Gasteiger partial charge in [0.1, 0.15) is 28.5 Å². The Labute approximate surface area is 234 Å². The van der Waals surface area contributed by atoms with E-state index in [0.717, 1.165) is 5.56 Å². The van der Waals surface area contributed by atoms with Crippen molar-refractivity contribution < 1.29 is 27.5 Å². The summed E-state index contributed by atoms with van der Waals surface area (Å²) in [7, 11) is 1.62. The number of amides is 1. The SMILES string of the molecule is COC1CC(NC(=O)c2ccc(C)c(-c3ccc4oc(-c5ccc(F)cc5)c(C=O)c4c3F)c2)(c2ncccn2)C1. The van der Waals surface area contributed by atoms with Crippen LogP contribution in [0, 0.1) is 18.6 Å². The van der Waals surface area contributed by atoms with Crippen molar-refractivity contribution in [2.24, 2.45) is 0 Å². The number of hydrogen-bond donors (Lipinski definition) is 1. The number of carbonyl (C=O) groups excluding carboxylic acids is 2. The molecule has 1 saturated carbocycles. The minimum atomic E-state index is -0.777. The van der Waals surface area contributed by atoms with Crippen LogP contribution < -0.4 is 5.32 Å². The van der Waals surface area contributed by atoms with Crippen LogP contribution in [-0.4, -0.2) is 35.4 Å². The topological polar surface area (TPSA) is 94.3 Å². The maximum atomic E-state index is 16.1. The summed E-state index contributed by atoms with van der Waals surface area (Å²) in [4.78, 5) is 34.3. The summed E-state index contributed by atoms with van der Waals surface area (Å²) >= 11 is 0. The molecule has 0 bridgehead atoms. The first-order valence-corrected chi connectivity index (χ1v) is 13.0. The fourth-order valence-electron chi connectivity index (χ4n) is 5.42. The lowest BCUT2D eigenvalue weighted by molar-refractivity contribution is -0.0336. The standard InChI is InChI=1S/C32H25F2N3O4/c1-18-4-5-20(30(39)37-32(15-22(16-32)40-2)31-35-12-3-13-36-31)14-24(18)23-10-11-26-27(28(23)34)25(17-38)29(41-26)19-6-8-21(33)9-7-19/h3-14,17,22H,15-16H2,1-2H3,(H,37,39). The van der Waals surface area contributed by atoms with Crippen LogP contribution in [0.3, 0.4) is 0 Å². The molecule has 1 aliphatic rings. The van der Waals surface area contributed by atoms with Gasteiger partial charge in [-0.3, -0.25) is 9.59 Å². The van der Waals surface area contributed by atoms with Crippen molar-refractivity contribution >= 4 is 23.2 Å². The molecule has 0 atom stereocenters. The van der Waals surface area contributed by atoms with Gasteiger partial charge in [0.05, 0.1) is 17.1 Å². The van der Waals surface area contributed by atoms with Crippen LogP contribution in [0.15, 0.2) is 77.5 Å². The normalized spacial score (nSPS) is 18.2. The zero-order chi connectivity index (χ0) is 28.7. The predicted octanol–water partition coefficient (Wildman–Crippen LogP) is 6.39. The maximum Gasteiger partial charge on any atom is 0.252 e. The monoisotopic (exact) mass is 553 g/mol. The van der Waals surface area contributed by atoms with E-state index in [9.17, 15) is 14.0 Å². The molecule has 0 aliphatic heterocycles. The van der Waals surface area contributed by atoms with Crippen LogP contribution in [0.2, 0.25) is 0 Å². The highest BCUT2D eigenvalue weighted by Gasteiger charge is 2.49. The average molecular weight is 554 g/mol. The number of fused-ring (bicyclic) bond motifs is 1. The molecular formula is C32H25F2N3O4. The molecule has 3 aromatic carbocycles. The van der Waals surface area contributed by atoms with Crippen molar-refractivity contribution in [3.05, 3.63) is 107 Å². The summed E-state index contributed by atoms with van der Waals surface area (Å²) in [6.07, 6.45) is 4.80. The summed E-state index contributed by atoms with van der Waals surface area (Å²) in [6, 6.07) is 15.3. The molecule has 0 unspecified atom stereocenters. The molecule has 6 rings (SSSR count). The largest absolute Gasteiger partial charge is 0.455 e. The van der Waals surface area contributed by atoms with Gasteiger partial charge in [-0.1, -0.05) is 6.07 Å². The number of nitrogens with zero attached hydrogens (tertiary/aromatic N) is 2. The number of methoxy groups -OCH3 is 1. The van der Waals surface area contributed by atoms with Gasteiger partial charge in [0.2, 0.25) is 0 Å². The van der Waals surface area contributed by atoms with Crippen molar-refractivity contribution in [3.8, 4) is 22.5 Å². The molecule has 1 N–H and O–H groups in total. The van der Waals surface area contributed by atoms with Gasteiger partial charge in [0.15, 0.2) is 12.1 Å². The second kappa shape index (κ2) is 10.3. The molecule has 1 aliphatic carbocycles. The number of halogens is 2. The summed E-state index contributed by atoms with van der Waals surface area (Å²) in [5, 5.41) is 3.11. The number of benzene rings is 3. The highest BCUT2D eigenvalue weighted by atomic mass is 19.1. The van der Waals surface area contributed by atoms with Gasteiger partial charge in [0, 0.05) is 49.0 Å². The number of rotatable bonds is 7. The van der Waals surface area contributed by atoms with Gasteiger partial charge < -0.3 is 14.5 Å². The molecule has 9 heteroatoms. The van der Waals surface area contributed by atoms with Gasteiger partial charge in [-0.15, -0.1) is 0 Å². The van der Waals surface area contributed by atoms with E-state index < -0.39 is 17.2 Å². The number of aryl methyl sites for hydroxylation is 1. The first kappa shape index (κ1) is 26.5. The molecule has 1 amide bonds. The van der Waals surface area contributed by atoms with Gasteiger partial charge in [-0.2, -0.15) is 0 Å². The number of aromatic nitrogens is 2. The second-order valence-electron chi connectivity index (χ2n) is 10.2. The van der Waals surface area contributed by atoms with Crippen LogP contribution in [0.4, 0.5) is 8.78 Å². The fraction of sp³-hybridized carbons (Fsp3) is 0.188. The Hall–Kier alpha value is -4.76. The van der Waals surface area contributed by atoms with E-state index in [4.69, 9.17) is 9.15 Å². The molecule has 0 radical (unpaired) electrons. The Kier molecular flexibility index (Phi) is 6.67. The van der Waals surface area contributed by atoms with E-state index in [1.165, 1.54) is 24.3 Å². The molecule has 206 valence electrons. The third-order valence-electron chi connectivity index (χ3n) is 7.68. The highest BCUT2D eigenvalue weighted by Crippen LogP contribution is 2.42. The van der Waals surface area contributed by atoms with E-state index in [1.54, 1.807) is 55.9 Å². The minimum Gasteiger partial charge on any atom is -0.455 e. The number of ether oxygens (including phenoxy) is 1. The predicted molar refractivity (Wildman–Crippen MR) is 148 cm³/mol. The lowest BCUT2D eigenvalue weighted by Gasteiger charge is -2.45. The Balaban J connectivity index is 1.38. The first-order valence-electron chi connectivity index (χ1n) is 13.0. The summed E-state index contributed by atoms with van der Waals surface area (Å²) in [5.41, 5.74) is 1.65. The van der Waals surface area contributed by atoms with Crippen LogP contribution in [0.5, 0.6) is 0 Å². The fourth-order valence-corrected chi connectivity index (χ4v) is 5.42. The molecular weight excluding hydrogens is 528 g/mol. The van der Waals surface area contributed by atoms with E-state index >= 15 is 4.39 Å². The first-order chi connectivity index (χ1) is 19.8. The zero-order valence-corrected chi connectivity index (χ0v) is 22.3. The Bertz CT molecular complexity index is 1780. The molecule has 7 nitrogen and oxygen atoms in total. The Morgan fingerprint density at radius 3 is 2.46 bits per heavy atom. The van der Waals surface area contributed by atoms with Crippen molar-refractivity contribution in [2.45, 2.75) is 31.4 Å². The second-order valence-corrected chi connectivity index (χ2v) is 10.2. The Morgan fingerprint density at radius 1 is 1.05 bits per heavy atom. The lowest BCUT2D eigenvalue weighted by atomic mass is 9.73. The highest BCUT2D eigenvalue weighted by molar-refractivity contribution is 6.04. The smallest absolute Gasteiger partial charge is 0.252 e. The quantitative estimate of drug-likeness (QED) is 0.235. The number of carbonyl (C=O) groups is 2. The van der Waals surface area contributed by atoms with Crippen LogP contribution in [0.1, 0.15) is 44.9 Å². The van der Waals surface area contributed by atoms with Crippen LogP contribution in [-0.2, 0) is 10.3 Å². The molecule has 0 saturated heterocycles. The number of furan rings is 1. The average Bonchev–Trinajstić information content (AvgIpc) is 3.35. The van der Waals surface area contributed by atoms with Crippen molar-refractivity contribution in [1.29, 1.82) is 0 Å². The van der Waals surface area contributed by atoms with E-state index in [-0.39, 0.29) is 39.9 Å². The lowest BCUT2D eigenvalue weighted by Crippen LogP contribution is -2.58. The van der Waals surface area contributed by atoms with E-state index in [1.807, 2.05) is 6.92 Å². The van der Waals surface area contributed by atoms with E-state index in [2.05, 4.69) is 15.3 Å². The van der Waals surface area contributed by atoms with E-state index in [0.29, 0.717) is 41.6 Å². The number of nitrogens with one attached hydrogen (secondary N) is 1. The van der Waals surface area contributed by atoms with Crippen LogP contribution in [0.25, 0.3) is 33.4 Å². The third kappa shape index (κ3) is 4.58. The van der Waals surface area contributed by atoms with Crippen molar-refractivity contribution in [2.75, 3.05) is 7.11 Å². The third-order valence-corrected chi connectivity index (χ3v) is 7.68. The molecule has 2 aromatic heterocycles. The van der Waals surface area contributed by atoms with Crippen molar-refractivity contribution in [1.82, 2.24) is 15.3 Å². The molecule has 5 aromatic rings. The minimum absolute atomic E-state index is 0.0198. The van der Waals surface area contributed by atoms with Gasteiger partial charge in [-0.05, 0) is 72.6 Å². The zero-order valence-electron chi connectivity index (χ0n) is 22.3. The van der Waals surface area contributed by atoms with Crippen molar-refractivity contribution in [3.63, 3.8) is 0 Å². The summed E-state index contributed by atoms with van der Waals surface area (Å²) < 4.78 is 40.9. The van der Waals surface area contributed by atoms with Gasteiger partial charge in [0.25, 0.3) is 5.91 Å². The maximum absolute atomic E-state index is 16.1. The number of aldehydes is 1.